The fourth-order valence-corrected chi connectivity index (χ4v) is 1.24. The van der Waals surface area contributed by atoms with Gasteiger partial charge in [0.1, 0.15) is 16.9 Å². The Morgan fingerprint density at radius 3 is 2.71 bits per heavy atom. The number of nitrogens with two attached hydrogens (primary N) is 1. The second-order valence-corrected chi connectivity index (χ2v) is 2.85. The summed E-state index contributed by atoms with van der Waals surface area (Å²) in [6.45, 7) is -0.0230. The minimum absolute atomic E-state index is 0.0230. The average Bonchev–Trinajstić information content (AvgIpc) is 2.16. The summed E-state index contributed by atoms with van der Waals surface area (Å²) >= 11 is 5.54. The van der Waals surface area contributed by atoms with Gasteiger partial charge in [0.2, 0.25) is 0 Å². The van der Waals surface area contributed by atoms with E-state index in [-0.39, 0.29) is 22.8 Å². The van der Waals surface area contributed by atoms with Crippen molar-refractivity contribution in [3.63, 3.8) is 0 Å². The molecule has 0 aliphatic heterocycles. The van der Waals surface area contributed by atoms with E-state index in [0.717, 1.165) is 6.07 Å². The third kappa shape index (κ3) is 1.97. The molecule has 0 fully saturated rings. The van der Waals surface area contributed by atoms with Crippen molar-refractivity contribution >= 4 is 11.6 Å². The van der Waals surface area contributed by atoms with E-state index in [1.807, 2.05) is 0 Å². The maximum Gasteiger partial charge on any atom is 0.280 e. The molecule has 0 radical (unpaired) electrons. The molecule has 0 amide bonds. The second-order valence-electron chi connectivity index (χ2n) is 2.49. The quantitative estimate of drug-likeness (QED) is 0.771. The van der Waals surface area contributed by atoms with E-state index in [9.17, 15) is 8.78 Å². The standard InChI is InChI=1S/C8H6ClF2N3/c9-7-5(3-13)4(2-12)1-6(14-7)8(10)11/h1,8H,2,12H2. The Morgan fingerprint density at radius 1 is 1.64 bits per heavy atom. The summed E-state index contributed by atoms with van der Waals surface area (Å²) in [6, 6.07) is 2.85. The molecule has 0 aliphatic rings. The fraction of sp³-hybridized carbons (Fsp3) is 0.250. The molecular weight excluding hydrogens is 212 g/mol. The van der Waals surface area contributed by atoms with Gasteiger partial charge in [-0.1, -0.05) is 11.6 Å². The molecule has 14 heavy (non-hydrogen) atoms. The molecule has 0 aromatic carbocycles. The summed E-state index contributed by atoms with van der Waals surface area (Å²) in [5.41, 5.74) is 5.15. The third-order valence-corrected chi connectivity index (χ3v) is 1.91. The lowest BCUT2D eigenvalue weighted by molar-refractivity contribution is 0.146. The van der Waals surface area contributed by atoms with Crippen LogP contribution in [0.2, 0.25) is 5.15 Å². The molecule has 0 bridgehead atoms. The largest absolute Gasteiger partial charge is 0.326 e. The number of hydrogen-bond acceptors (Lipinski definition) is 3. The minimum atomic E-state index is -2.72. The van der Waals surface area contributed by atoms with Gasteiger partial charge >= 0.3 is 0 Å². The summed E-state index contributed by atoms with van der Waals surface area (Å²) < 4.78 is 24.5. The van der Waals surface area contributed by atoms with Crippen molar-refractivity contribution in [3.05, 3.63) is 28.0 Å². The van der Waals surface area contributed by atoms with Crippen LogP contribution in [-0.2, 0) is 6.54 Å². The van der Waals surface area contributed by atoms with Crippen LogP contribution in [0, 0.1) is 11.3 Å². The first-order chi connectivity index (χ1) is 6.60. The average molecular weight is 218 g/mol. The zero-order chi connectivity index (χ0) is 10.7. The minimum Gasteiger partial charge on any atom is -0.326 e. The highest BCUT2D eigenvalue weighted by molar-refractivity contribution is 6.30. The van der Waals surface area contributed by atoms with Gasteiger partial charge in [0.15, 0.2) is 0 Å². The molecule has 1 aromatic heterocycles. The zero-order valence-corrected chi connectivity index (χ0v) is 7.72. The summed E-state index contributed by atoms with van der Waals surface area (Å²) in [6.07, 6.45) is -2.72. The Balaban J connectivity index is 3.33. The SMILES string of the molecule is N#Cc1c(CN)cc(C(F)F)nc1Cl. The Morgan fingerprint density at radius 2 is 2.29 bits per heavy atom. The maximum atomic E-state index is 12.3. The molecule has 3 nitrogen and oxygen atoms in total. The van der Waals surface area contributed by atoms with Gasteiger partial charge in [-0.05, 0) is 11.6 Å². The molecule has 0 saturated carbocycles. The zero-order valence-electron chi connectivity index (χ0n) is 6.97. The molecule has 74 valence electrons. The van der Waals surface area contributed by atoms with E-state index in [0.29, 0.717) is 0 Å². The van der Waals surface area contributed by atoms with Gasteiger partial charge in [0, 0.05) is 6.54 Å². The van der Waals surface area contributed by atoms with E-state index < -0.39 is 12.1 Å². The molecule has 0 atom stereocenters. The second kappa shape index (κ2) is 4.31. The van der Waals surface area contributed by atoms with Gasteiger partial charge in [-0.15, -0.1) is 0 Å². The number of nitriles is 1. The molecule has 6 heteroatoms. The summed E-state index contributed by atoms with van der Waals surface area (Å²) in [5, 5.41) is 8.41. The van der Waals surface area contributed by atoms with Crippen LogP contribution in [0.4, 0.5) is 8.78 Å². The number of alkyl halides is 2. The van der Waals surface area contributed by atoms with Gasteiger partial charge in [0.25, 0.3) is 6.43 Å². The van der Waals surface area contributed by atoms with Crippen molar-refractivity contribution in [3.8, 4) is 6.07 Å². The summed E-state index contributed by atoms with van der Waals surface area (Å²) in [7, 11) is 0. The molecule has 0 saturated heterocycles. The van der Waals surface area contributed by atoms with E-state index in [2.05, 4.69) is 4.98 Å². The monoisotopic (exact) mass is 217 g/mol. The molecule has 1 rings (SSSR count). The summed E-state index contributed by atoms with van der Waals surface area (Å²) in [4.78, 5) is 3.39. The first-order valence-electron chi connectivity index (χ1n) is 3.67. The van der Waals surface area contributed by atoms with Crippen LogP contribution >= 0.6 is 11.6 Å². The molecular formula is C8H6ClF2N3. The highest BCUT2D eigenvalue weighted by Crippen LogP contribution is 2.24. The number of aromatic nitrogens is 1. The Labute approximate surface area is 84.1 Å². The van der Waals surface area contributed by atoms with Gasteiger partial charge in [-0.3, -0.25) is 0 Å². The van der Waals surface area contributed by atoms with Crippen LogP contribution in [-0.4, -0.2) is 4.98 Å². The number of halogens is 3. The van der Waals surface area contributed by atoms with Crippen LogP contribution in [0.15, 0.2) is 6.07 Å². The van der Waals surface area contributed by atoms with E-state index in [1.54, 1.807) is 6.07 Å². The van der Waals surface area contributed by atoms with Crippen molar-refractivity contribution in [2.75, 3.05) is 0 Å². The predicted molar refractivity (Wildman–Crippen MR) is 46.8 cm³/mol. The van der Waals surface area contributed by atoms with Crippen molar-refractivity contribution in [1.29, 1.82) is 5.26 Å². The molecule has 1 aromatic rings. The number of pyridine rings is 1. The maximum absolute atomic E-state index is 12.3. The Kier molecular flexibility index (Phi) is 3.33. The van der Waals surface area contributed by atoms with Crippen molar-refractivity contribution in [1.82, 2.24) is 4.98 Å². The van der Waals surface area contributed by atoms with Gasteiger partial charge in [0.05, 0.1) is 5.56 Å². The molecule has 1 heterocycles. The normalized spacial score (nSPS) is 10.3. The molecule has 0 spiro atoms. The Hall–Kier alpha value is -1.25. The third-order valence-electron chi connectivity index (χ3n) is 1.63. The Bertz CT molecular complexity index is 387. The van der Waals surface area contributed by atoms with Crippen LogP contribution in [0.3, 0.4) is 0 Å². The first kappa shape index (κ1) is 10.8. The van der Waals surface area contributed by atoms with Gasteiger partial charge in [-0.2, -0.15) is 5.26 Å². The molecule has 0 unspecified atom stereocenters. The lowest BCUT2D eigenvalue weighted by Crippen LogP contribution is -2.04. The van der Waals surface area contributed by atoms with Crippen molar-refractivity contribution < 1.29 is 8.78 Å². The van der Waals surface area contributed by atoms with Crippen LogP contribution < -0.4 is 5.73 Å². The number of nitrogens with zero attached hydrogens (tertiary/aromatic N) is 2. The van der Waals surface area contributed by atoms with Crippen LogP contribution in [0.5, 0.6) is 0 Å². The lowest BCUT2D eigenvalue weighted by Gasteiger charge is -2.05. The highest BCUT2D eigenvalue weighted by Gasteiger charge is 2.15. The van der Waals surface area contributed by atoms with Crippen molar-refractivity contribution in [2.45, 2.75) is 13.0 Å². The first-order valence-corrected chi connectivity index (χ1v) is 4.05. The number of hydrogen-bond donors (Lipinski definition) is 1. The van der Waals surface area contributed by atoms with E-state index in [4.69, 9.17) is 22.6 Å². The highest BCUT2D eigenvalue weighted by atomic mass is 35.5. The van der Waals surface area contributed by atoms with E-state index in [1.165, 1.54) is 0 Å². The van der Waals surface area contributed by atoms with Crippen molar-refractivity contribution in [2.24, 2.45) is 5.73 Å². The molecule has 0 aliphatic carbocycles. The van der Waals surface area contributed by atoms with Gasteiger partial charge < -0.3 is 5.73 Å². The lowest BCUT2D eigenvalue weighted by atomic mass is 10.1. The number of rotatable bonds is 2. The van der Waals surface area contributed by atoms with Crippen LogP contribution in [0.1, 0.15) is 23.2 Å². The smallest absolute Gasteiger partial charge is 0.280 e. The van der Waals surface area contributed by atoms with Crippen LogP contribution in [0.25, 0.3) is 0 Å². The predicted octanol–water partition coefficient (Wildman–Crippen LogP) is 2.00. The van der Waals surface area contributed by atoms with Gasteiger partial charge in [-0.25, -0.2) is 13.8 Å². The molecule has 2 N–H and O–H groups in total. The topological polar surface area (TPSA) is 62.7 Å². The fourth-order valence-electron chi connectivity index (χ4n) is 0.975. The van der Waals surface area contributed by atoms with E-state index >= 15 is 0 Å². The summed E-state index contributed by atoms with van der Waals surface area (Å²) in [5.74, 6) is 0.